The van der Waals surface area contributed by atoms with Gasteiger partial charge in [0, 0.05) is 70.8 Å². The van der Waals surface area contributed by atoms with Gasteiger partial charge in [-0.3, -0.25) is 24.5 Å². The lowest BCUT2D eigenvalue weighted by atomic mass is 9.96. The number of carbonyl (C=O) groups excluding carboxylic acids is 1. The molecule has 5 rings (SSSR count). The highest BCUT2D eigenvalue weighted by atomic mass is 16.5. The van der Waals surface area contributed by atoms with Crippen LogP contribution in [0.3, 0.4) is 0 Å². The maximum absolute atomic E-state index is 11.8. The van der Waals surface area contributed by atoms with Crippen LogP contribution in [0.2, 0.25) is 0 Å². The molecule has 2 fully saturated rings. The first-order chi connectivity index (χ1) is 19.0. The van der Waals surface area contributed by atoms with Gasteiger partial charge in [-0.15, -0.1) is 0 Å². The molecular formula is C31H39N5O3. The number of morpholine rings is 1. The Labute approximate surface area is 231 Å². The molecule has 0 radical (unpaired) electrons. The molecule has 2 aliphatic rings. The monoisotopic (exact) mass is 529 g/mol. The molecule has 39 heavy (non-hydrogen) atoms. The molecule has 206 valence electrons. The van der Waals surface area contributed by atoms with Crippen molar-refractivity contribution in [2.45, 2.75) is 33.0 Å². The maximum atomic E-state index is 11.8. The van der Waals surface area contributed by atoms with Crippen molar-refractivity contribution in [2.75, 3.05) is 52.5 Å². The number of nitrogens with two attached hydrogens (primary N) is 1. The number of amides is 1. The summed E-state index contributed by atoms with van der Waals surface area (Å²) in [5.74, 6) is 0.477. The van der Waals surface area contributed by atoms with Crippen molar-refractivity contribution in [2.24, 2.45) is 5.73 Å². The number of piperazine rings is 1. The third kappa shape index (κ3) is 7.02. The first-order valence-corrected chi connectivity index (χ1v) is 13.9. The van der Waals surface area contributed by atoms with Gasteiger partial charge < -0.3 is 15.2 Å². The van der Waals surface area contributed by atoms with Crippen LogP contribution in [0.25, 0.3) is 11.1 Å². The number of aromatic nitrogens is 1. The van der Waals surface area contributed by atoms with Gasteiger partial charge in [-0.05, 0) is 54.3 Å². The summed E-state index contributed by atoms with van der Waals surface area (Å²) in [7, 11) is 0. The van der Waals surface area contributed by atoms with E-state index in [2.05, 4.69) is 57.8 Å². The molecule has 0 unspecified atom stereocenters. The minimum Gasteiger partial charge on any atom is -0.456 e. The molecule has 2 N–H and O–H groups in total. The first kappa shape index (κ1) is 27.3. The number of carbonyl (C=O) groups is 1. The lowest BCUT2D eigenvalue weighted by Crippen LogP contribution is -2.48. The van der Waals surface area contributed by atoms with Crippen LogP contribution < -0.4 is 10.5 Å². The van der Waals surface area contributed by atoms with E-state index in [1.54, 1.807) is 12.3 Å². The summed E-state index contributed by atoms with van der Waals surface area (Å²) in [6.07, 6.45) is 3.02. The van der Waals surface area contributed by atoms with Gasteiger partial charge in [-0.2, -0.15) is 0 Å². The topological polar surface area (TPSA) is 84.2 Å². The predicted octanol–water partition coefficient (Wildman–Crippen LogP) is 4.00. The van der Waals surface area contributed by atoms with Gasteiger partial charge in [0.15, 0.2) is 0 Å². The van der Waals surface area contributed by atoms with E-state index in [9.17, 15) is 4.79 Å². The van der Waals surface area contributed by atoms with E-state index in [4.69, 9.17) is 15.2 Å². The van der Waals surface area contributed by atoms with E-state index < -0.39 is 5.91 Å². The van der Waals surface area contributed by atoms with E-state index in [0.717, 1.165) is 71.1 Å². The average molecular weight is 530 g/mol. The predicted molar refractivity (Wildman–Crippen MR) is 153 cm³/mol. The molecule has 2 aromatic carbocycles. The van der Waals surface area contributed by atoms with Gasteiger partial charge in [-0.1, -0.05) is 30.3 Å². The molecule has 2 aliphatic heterocycles. The third-order valence-corrected chi connectivity index (χ3v) is 7.63. The molecule has 0 atom stereocenters. The second kappa shape index (κ2) is 12.7. The quantitative estimate of drug-likeness (QED) is 0.449. The second-order valence-corrected chi connectivity index (χ2v) is 10.7. The molecule has 1 aromatic heterocycles. The van der Waals surface area contributed by atoms with Gasteiger partial charge in [0.05, 0.1) is 13.2 Å². The van der Waals surface area contributed by atoms with Crippen LogP contribution in [0.4, 0.5) is 0 Å². The maximum Gasteiger partial charge on any atom is 0.254 e. The zero-order valence-corrected chi connectivity index (χ0v) is 23.0. The SMILES string of the molecule is CC(C)N1CCN(Cc2ccc(-c3cccc(Oc4ccncc4C(N)=O)c3)c(CN3CCOCC3)c2)CC1. The Hall–Kier alpha value is -3.30. The third-order valence-electron chi connectivity index (χ3n) is 7.63. The van der Waals surface area contributed by atoms with Crippen molar-refractivity contribution < 1.29 is 14.3 Å². The van der Waals surface area contributed by atoms with Gasteiger partial charge >= 0.3 is 0 Å². The smallest absolute Gasteiger partial charge is 0.254 e. The number of pyridine rings is 1. The Bertz CT molecular complexity index is 1270. The Kier molecular flexibility index (Phi) is 8.88. The minimum atomic E-state index is -0.566. The Morgan fingerprint density at radius 3 is 2.49 bits per heavy atom. The van der Waals surface area contributed by atoms with Crippen LogP contribution in [0.15, 0.2) is 60.9 Å². The number of primary amides is 1. The zero-order chi connectivity index (χ0) is 27.2. The van der Waals surface area contributed by atoms with Crippen molar-refractivity contribution in [3.63, 3.8) is 0 Å². The van der Waals surface area contributed by atoms with Crippen LogP contribution in [0, 0.1) is 0 Å². The van der Waals surface area contributed by atoms with E-state index >= 15 is 0 Å². The Balaban J connectivity index is 1.39. The van der Waals surface area contributed by atoms with Crippen LogP contribution in [-0.2, 0) is 17.8 Å². The minimum absolute atomic E-state index is 0.259. The van der Waals surface area contributed by atoms with Crippen molar-refractivity contribution in [1.82, 2.24) is 19.7 Å². The Morgan fingerprint density at radius 2 is 1.74 bits per heavy atom. The number of rotatable bonds is 9. The fourth-order valence-corrected chi connectivity index (χ4v) is 5.36. The molecule has 0 saturated carbocycles. The Morgan fingerprint density at radius 1 is 0.974 bits per heavy atom. The molecule has 0 spiro atoms. The molecular weight excluding hydrogens is 490 g/mol. The highest BCUT2D eigenvalue weighted by Gasteiger charge is 2.20. The largest absolute Gasteiger partial charge is 0.456 e. The summed E-state index contributed by atoms with van der Waals surface area (Å²) in [4.78, 5) is 23.4. The summed E-state index contributed by atoms with van der Waals surface area (Å²) >= 11 is 0. The standard InChI is InChI=1S/C31H39N5O3/c1-23(2)36-12-10-34(11-13-36)21-24-6-7-28(26(18-24)22-35-14-16-38-17-15-35)25-4-3-5-27(19-25)39-30-8-9-33-20-29(30)31(32)37/h3-9,18-20,23H,10-17,21-22H2,1-2H3,(H2,32,37). The van der Waals surface area contributed by atoms with Gasteiger partial charge in [-0.25, -0.2) is 0 Å². The van der Waals surface area contributed by atoms with Crippen molar-refractivity contribution in [1.29, 1.82) is 0 Å². The molecule has 3 heterocycles. The average Bonchev–Trinajstić information content (AvgIpc) is 2.94. The van der Waals surface area contributed by atoms with Gasteiger partial charge in [0.25, 0.3) is 5.91 Å². The van der Waals surface area contributed by atoms with Crippen LogP contribution in [-0.4, -0.2) is 84.1 Å². The van der Waals surface area contributed by atoms with Crippen LogP contribution >= 0.6 is 0 Å². The second-order valence-electron chi connectivity index (χ2n) is 10.7. The summed E-state index contributed by atoms with van der Waals surface area (Å²) in [5.41, 5.74) is 10.7. The molecule has 0 aliphatic carbocycles. The summed E-state index contributed by atoms with van der Waals surface area (Å²) in [5, 5.41) is 0. The van der Waals surface area contributed by atoms with Crippen molar-refractivity contribution in [3.8, 4) is 22.6 Å². The fourth-order valence-electron chi connectivity index (χ4n) is 5.36. The van der Waals surface area contributed by atoms with Crippen LogP contribution in [0.5, 0.6) is 11.5 Å². The van der Waals surface area contributed by atoms with E-state index in [0.29, 0.717) is 17.5 Å². The summed E-state index contributed by atoms with van der Waals surface area (Å²) in [6.45, 7) is 14.2. The van der Waals surface area contributed by atoms with Crippen molar-refractivity contribution in [3.05, 3.63) is 77.6 Å². The normalized spacial score (nSPS) is 17.4. The van der Waals surface area contributed by atoms with Crippen LogP contribution in [0.1, 0.15) is 35.3 Å². The highest BCUT2D eigenvalue weighted by molar-refractivity contribution is 5.95. The first-order valence-electron chi connectivity index (χ1n) is 13.9. The van der Waals surface area contributed by atoms with E-state index in [1.165, 1.54) is 22.9 Å². The lowest BCUT2D eigenvalue weighted by Gasteiger charge is -2.37. The molecule has 3 aromatic rings. The van der Waals surface area contributed by atoms with Crippen molar-refractivity contribution >= 4 is 5.91 Å². The molecule has 8 nitrogen and oxygen atoms in total. The van der Waals surface area contributed by atoms with E-state index in [-0.39, 0.29) is 5.56 Å². The lowest BCUT2D eigenvalue weighted by molar-refractivity contribution is 0.0342. The number of hydrogen-bond donors (Lipinski definition) is 1. The number of ether oxygens (including phenoxy) is 2. The van der Waals surface area contributed by atoms with Gasteiger partial charge in [0.1, 0.15) is 17.1 Å². The van der Waals surface area contributed by atoms with Gasteiger partial charge in [0.2, 0.25) is 0 Å². The highest BCUT2D eigenvalue weighted by Crippen LogP contribution is 2.32. The zero-order valence-electron chi connectivity index (χ0n) is 23.0. The molecule has 1 amide bonds. The summed E-state index contributed by atoms with van der Waals surface area (Å²) in [6, 6.07) is 17.1. The number of nitrogens with zero attached hydrogens (tertiary/aromatic N) is 4. The molecule has 0 bridgehead atoms. The molecule has 8 heteroatoms. The molecule has 2 saturated heterocycles. The number of hydrogen-bond acceptors (Lipinski definition) is 7. The van der Waals surface area contributed by atoms with E-state index in [1.807, 2.05) is 18.2 Å². The number of benzene rings is 2. The summed E-state index contributed by atoms with van der Waals surface area (Å²) < 4.78 is 11.7. The fraction of sp³-hybridized carbons (Fsp3) is 0.419.